The quantitative estimate of drug-likeness (QED) is 0.593. The Kier molecular flexibility index (Phi) is 19.0. The Hall–Kier alpha value is -0.570. The van der Waals surface area contributed by atoms with Crippen molar-refractivity contribution in [2.75, 3.05) is 20.1 Å². The lowest BCUT2D eigenvalue weighted by Gasteiger charge is -2.22. The van der Waals surface area contributed by atoms with E-state index in [-0.39, 0.29) is 0 Å². The molecule has 3 nitrogen and oxygen atoms in total. The van der Waals surface area contributed by atoms with E-state index in [1.807, 2.05) is 0 Å². The molecule has 116 valence electrons. The number of carbonyl (C=O) groups excluding carboxylic acids is 1. The maximum Gasteiger partial charge on any atom is 0.206 e. The van der Waals surface area contributed by atoms with Crippen LogP contribution in [0.3, 0.4) is 0 Å². The summed E-state index contributed by atoms with van der Waals surface area (Å²) in [5.41, 5.74) is 0. The lowest BCUT2D eigenvalue weighted by Crippen LogP contribution is -2.13. The SMILES string of the molecule is CC1CCC(C)CC1.CCCCNCC.CNC=O. The number of nitrogens with one attached hydrogen (secondary N) is 2. The second-order valence-corrected chi connectivity index (χ2v) is 5.48. The molecule has 1 rings (SSSR count). The molecule has 0 aromatic carbocycles. The van der Waals surface area contributed by atoms with Gasteiger partial charge in [0.1, 0.15) is 0 Å². The Bertz CT molecular complexity index is 152. The van der Waals surface area contributed by atoms with Gasteiger partial charge in [-0.1, -0.05) is 59.8 Å². The van der Waals surface area contributed by atoms with Crippen molar-refractivity contribution in [1.29, 1.82) is 0 Å². The Balaban J connectivity index is 0. The van der Waals surface area contributed by atoms with Gasteiger partial charge in [-0.05, 0) is 31.3 Å². The molecule has 1 aliphatic carbocycles. The van der Waals surface area contributed by atoms with Crippen LogP contribution >= 0.6 is 0 Å². The normalized spacial score (nSPS) is 21.3. The monoisotopic (exact) mass is 272 g/mol. The van der Waals surface area contributed by atoms with Crippen LogP contribution in [0.25, 0.3) is 0 Å². The summed E-state index contributed by atoms with van der Waals surface area (Å²) in [6.45, 7) is 11.4. The predicted octanol–water partition coefficient (Wildman–Crippen LogP) is 3.59. The molecule has 0 atom stereocenters. The van der Waals surface area contributed by atoms with Gasteiger partial charge >= 0.3 is 0 Å². The van der Waals surface area contributed by atoms with E-state index in [0.29, 0.717) is 6.41 Å². The molecular weight excluding hydrogens is 236 g/mol. The molecule has 0 aromatic heterocycles. The summed E-state index contributed by atoms with van der Waals surface area (Å²) in [6.07, 6.45) is 9.13. The van der Waals surface area contributed by atoms with E-state index < -0.39 is 0 Å². The van der Waals surface area contributed by atoms with Crippen molar-refractivity contribution in [1.82, 2.24) is 10.6 Å². The van der Waals surface area contributed by atoms with Crippen molar-refractivity contribution in [3.05, 3.63) is 0 Å². The zero-order valence-electron chi connectivity index (χ0n) is 13.8. The summed E-state index contributed by atoms with van der Waals surface area (Å²) >= 11 is 0. The van der Waals surface area contributed by atoms with Crippen LogP contribution in [-0.2, 0) is 4.79 Å². The van der Waals surface area contributed by atoms with Crippen LogP contribution < -0.4 is 10.6 Å². The largest absolute Gasteiger partial charge is 0.362 e. The third kappa shape index (κ3) is 19.9. The minimum atomic E-state index is 0.625. The molecule has 0 aliphatic heterocycles. The third-order valence-electron chi connectivity index (χ3n) is 3.38. The van der Waals surface area contributed by atoms with Gasteiger partial charge in [0.15, 0.2) is 0 Å². The van der Waals surface area contributed by atoms with Crippen molar-refractivity contribution in [2.45, 2.75) is 66.2 Å². The number of hydrogen-bond donors (Lipinski definition) is 2. The van der Waals surface area contributed by atoms with Crippen LogP contribution in [0.5, 0.6) is 0 Å². The summed E-state index contributed by atoms with van der Waals surface area (Å²) in [7, 11) is 1.56. The average molecular weight is 272 g/mol. The number of carbonyl (C=O) groups is 1. The fraction of sp³-hybridized carbons (Fsp3) is 0.938. The highest BCUT2D eigenvalue weighted by Gasteiger charge is 2.13. The van der Waals surface area contributed by atoms with E-state index >= 15 is 0 Å². The molecular formula is C16H36N2O. The Morgan fingerprint density at radius 2 is 1.47 bits per heavy atom. The van der Waals surface area contributed by atoms with Gasteiger partial charge < -0.3 is 10.6 Å². The molecule has 0 unspecified atom stereocenters. The number of amides is 1. The summed E-state index contributed by atoms with van der Waals surface area (Å²) in [5, 5.41) is 5.50. The molecule has 1 fully saturated rings. The van der Waals surface area contributed by atoms with E-state index in [1.54, 1.807) is 7.05 Å². The maximum atomic E-state index is 9.06. The molecule has 1 saturated carbocycles. The van der Waals surface area contributed by atoms with Crippen molar-refractivity contribution >= 4 is 6.41 Å². The van der Waals surface area contributed by atoms with Crippen LogP contribution in [0.2, 0.25) is 0 Å². The van der Waals surface area contributed by atoms with Crippen LogP contribution in [0.4, 0.5) is 0 Å². The summed E-state index contributed by atoms with van der Waals surface area (Å²) < 4.78 is 0. The highest BCUT2D eigenvalue weighted by molar-refractivity contribution is 5.44. The topological polar surface area (TPSA) is 41.1 Å². The molecule has 1 amide bonds. The lowest BCUT2D eigenvalue weighted by atomic mass is 9.84. The molecule has 0 saturated heterocycles. The highest BCUT2D eigenvalue weighted by Crippen LogP contribution is 2.27. The van der Waals surface area contributed by atoms with E-state index in [4.69, 9.17) is 4.79 Å². The molecule has 0 radical (unpaired) electrons. The van der Waals surface area contributed by atoms with Crippen LogP contribution in [0.1, 0.15) is 66.2 Å². The fourth-order valence-corrected chi connectivity index (χ4v) is 1.91. The van der Waals surface area contributed by atoms with Crippen molar-refractivity contribution < 1.29 is 4.79 Å². The first-order valence-corrected chi connectivity index (χ1v) is 7.93. The standard InChI is InChI=1S/C8H16.C6H15N.C2H5NO/c1-7-3-5-8(2)6-4-7;1-3-5-6-7-4-2;1-3-2-4/h7-8H,3-6H2,1-2H3;7H,3-6H2,1-2H3;2H,1H3,(H,3,4). The molecule has 1 aliphatic rings. The van der Waals surface area contributed by atoms with E-state index in [2.05, 4.69) is 38.3 Å². The molecule has 2 N–H and O–H groups in total. The van der Waals surface area contributed by atoms with Gasteiger partial charge in [-0.3, -0.25) is 4.79 Å². The zero-order chi connectivity index (χ0) is 14.9. The van der Waals surface area contributed by atoms with Gasteiger partial charge in [0.05, 0.1) is 0 Å². The number of rotatable bonds is 5. The zero-order valence-corrected chi connectivity index (χ0v) is 13.8. The first-order chi connectivity index (χ1) is 9.12. The fourth-order valence-electron chi connectivity index (χ4n) is 1.91. The first kappa shape index (κ1) is 20.7. The molecule has 3 heteroatoms. The number of hydrogen-bond acceptors (Lipinski definition) is 2. The predicted molar refractivity (Wildman–Crippen MR) is 85.4 cm³/mol. The highest BCUT2D eigenvalue weighted by atomic mass is 16.1. The smallest absolute Gasteiger partial charge is 0.206 e. The van der Waals surface area contributed by atoms with Gasteiger partial charge in [0, 0.05) is 7.05 Å². The van der Waals surface area contributed by atoms with E-state index in [1.165, 1.54) is 45.1 Å². The van der Waals surface area contributed by atoms with Crippen molar-refractivity contribution in [2.24, 2.45) is 11.8 Å². The molecule has 0 aromatic rings. The second-order valence-electron chi connectivity index (χ2n) is 5.48. The van der Waals surface area contributed by atoms with Gasteiger partial charge in [0.2, 0.25) is 6.41 Å². The van der Waals surface area contributed by atoms with Gasteiger partial charge in [-0.25, -0.2) is 0 Å². The average Bonchev–Trinajstić information content (AvgIpc) is 2.44. The molecule has 0 spiro atoms. The van der Waals surface area contributed by atoms with Gasteiger partial charge in [-0.2, -0.15) is 0 Å². The molecule has 19 heavy (non-hydrogen) atoms. The Labute approximate surface area is 120 Å². The van der Waals surface area contributed by atoms with Crippen molar-refractivity contribution in [3.63, 3.8) is 0 Å². The Morgan fingerprint density at radius 3 is 1.74 bits per heavy atom. The third-order valence-corrected chi connectivity index (χ3v) is 3.38. The lowest BCUT2D eigenvalue weighted by molar-refractivity contribution is -0.109. The summed E-state index contributed by atoms with van der Waals surface area (Å²) in [6, 6.07) is 0. The minimum Gasteiger partial charge on any atom is -0.362 e. The minimum absolute atomic E-state index is 0.625. The molecule has 0 bridgehead atoms. The second kappa shape index (κ2) is 17.4. The van der Waals surface area contributed by atoms with E-state index in [0.717, 1.165) is 18.4 Å². The Morgan fingerprint density at radius 1 is 1.05 bits per heavy atom. The van der Waals surface area contributed by atoms with Crippen LogP contribution in [0, 0.1) is 11.8 Å². The first-order valence-electron chi connectivity index (χ1n) is 7.93. The van der Waals surface area contributed by atoms with Crippen LogP contribution in [0.15, 0.2) is 0 Å². The van der Waals surface area contributed by atoms with Crippen molar-refractivity contribution in [3.8, 4) is 0 Å². The maximum absolute atomic E-state index is 9.06. The molecule has 0 heterocycles. The summed E-state index contributed by atoms with van der Waals surface area (Å²) in [4.78, 5) is 9.06. The number of unbranched alkanes of at least 4 members (excludes halogenated alkanes) is 1. The van der Waals surface area contributed by atoms with Crippen LogP contribution in [-0.4, -0.2) is 26.5 Å². The van der Waals surface area contributed by atoms with E-state index in [9.17, 15) is 0 Å². The summed E-state index contributed by atoms with van der Waals surface area (Å²) in [5.74, 6) is 2.04. The van der Waals surface area contributed by atoms with Gasteiger partial charge in [0.25, 0.3) is 0 Å². The van der Waals surface area contributed by atoms with Gasteiger partial charge in [-0.15, -0.1) is 0 Å².